The fourth-order valence-electron chi connectivity index (χ4n) is 1.34. The van der Waals surface area contributed by atoms with Crippen LogP contribution in [0.3, 0.4) is 0 Å². The number of hydrogen-bond donors (Lipinski definition) is 2. The van der Waals surface area contributed by atoms with Crippen LogP contribution in [0.15, 0.2) is 0 Å². The Balaban J connectivity index is 3.57. The summed E-state index contributed by atoms with van der Waals surface area (Å²) in [4.78, 5) is 0. The van der Waals surface area contributed by atoms with Gasteiger partial charge in [-0.3, -0.25) is 0 Å². The third-order valence-electron chi connectivity index (χ3n) is 2.73. The first kappa shape index (κ1) is 13.9. The minimum absolute atomic E-state index is 0.516. The van der Waals surface area contributed by atoms with Gasteiger partial charge in [0.2, 0.25) is 0 Å². The smallest absolute Gasteiger partial charge is 0.0476 e. The van der Waals surface area contributed by atoms with Gasteiger partial charge in [-0.25, -0.2) is 0 Å². The fourth-order valence-corrected chi connectivity index (χ4v) is 1.34. The molecule has 0 amide bonds. The van der Waals surface area contributed by atoms with E-state index in [0.717, 1.165) is 26.1 Å². The fraction of sp³-hybridized carbons (Fsp3) is 1.00. The Morgan fingerprint density at radius 1 is 1.29 bits per heavy atom. The first-order valence-corrected chi connectivity index (χ1v) is 5.54. The summed E-state index contributed by atoms with van der Waals surface area (Å²) in [6.45, 7) is 9.23. The van der Waals surface area contributed by atoms with Crippen molar-refractivity contribution in [2.75, 3.05) is 26.8 Å². The third kappa shape index (κ3) is 6.35. The average molecular weight is 202 g/mol. The molecule has 0 aromatic heterocycles. The van der Waals surface area contributed by atoms with Crippen molar-refractivity contribution in [3.05, 3.63) is 0 Å². The molecule has 3 N–H and O–H groups in total. The molecule has 0 heterocycles. The summed E-state index contributed by atoms with van der Waals surface area (Å²) >= 11 is 0. The first-order valence-electron chi connectivity index (χ1n) is 5.54. The quantitative estimate of drug-likeness (QED) is 0.622. The zero-order valence-corrected chi connectivity index (χ0v) is 10.0. The largest absolute Gasteiger partial charge is 0.385 e. The van der Waals surface area contributed by atoms with E-state index in [2.05, 4.69) is 26.1 Å². The van der Waals surface area contributed by atoms with Gasteiger partial charge in [0.1, 0.15) is 0 Å². The Morgan fingerprint density at radius 3 is 2.36 bits per heavy atom. The molecule has 0 fully saturated rings. The Morgan fingerprint density at radius 2 is 1.93 bits per heavy atom. The summed E-state index contributed by atoms with van der Waals surface area (Å²) in [5.74, 6) is 1.24. The summed E-state index contributed by atoms with van der Waals surface area (Å²) in [6.07, 6.45) is 1.06. The Hall–Kier alpha value is -0.120. The summed E-state index contributed by atoms with van der Waals surface area (Å²) in [7, 11) is 1.74. The van der Waals surface area contributed by atoms with Crippen molar-refractivity contribution in [2.45, 2.75) is 33.2 Å². The zero-order valence-electron chi connectivity index (χ0n) is 10.0. The van der Waals surface area contributed by atoms with E-state index in [1.165, 1.54) is 0 Å². The first-order chi connectivity index (χ1) is 6.61. The minimum atomic E-state index is 0.516. The molecule has 0 rings (SSSR count). The van der Waals surface area contributed by atoms with Crippen LogP contribution in [0.4, 0.5) is 0 Å². The maximum absolute atomic E-state index is 5.70. The van der Waals surface area contributed by atoms with Gasteiger partial charge in [0.15, 0.2) is 0 Å². The SMILES string of the molecule is COCCC(C)NCC(CN)C(C)C. The predicted molar refractivity (Wildman–Crippen MR) is 61.3 cm³/mol. The lowest BCUT2D eigenvalue weighted by atomic mass is 9.96. The summed E-state index contributed by atoms with van der Waals surface area (Å²) in [5.41, 5.74) is 5.70. The summed E-state index contributed by atoms with van der Waals surface area (Å²) in [5, 5.41) is 3.49. The van der Waals surface area contributed by atoms with Crippen LogP contribution < -0.4 is 11.1 Å². The summed E-state index contributed by atoms with van der Waals surface area (Å²) in [6, 6.07) is 0.516. The van der Waals surface area contributed by atoms with Crippen molar-refractivity contribution in [3.63, 3.8) is 0 Å². The van der Waals surface area contributed by atoms with Crippen LogP contribution >= 0.6 is 0 Å². The molecule has 0 aromatic rings. The molecule has 0 aliphatic carbocycles. The molecule has 0 radical (unpaired) electrons. The van der Waals surface area contributed by atoms with Gasteiger partial charge in [-0.2, -0.15) is 0 Å². The van der Waals surface area contributed by atoms with E-state index < -0.39 is 0 Å². The number of rotatable bonds is 8. The molecule has 14 heavy (non-hydrogen) atoms. The number of hydrogen-bond acceptors (Lipinski definition) is 3. The molecule has 0 saturated heterocycles. The lowest BCUT2D eigenvalue weighted by Gasteiger charge is -2.22. The number of ether oxygens (including phenoxy) is 1. The average Bonchev–Trinajstić information content (AvgIpc) is 2.15. The van der Waals surface area contributed by atoms with Gasteiger partial charge < -0.3 is 15.8 Å². The maximum Gasteiger partial charge on any atom is 0.0476 e. The molecule has 86 valence electrons. The van der Waals surface area contributed by atoms with E-state index >= 15 is 0 Å². The van der Waals surface area contributed by atoms with E-state index in [-0.39, 0.29) is 0 Å². The van der Waals surface area contributed by atoms with Crippen LogP contribution in [-0.4, -0.2) is 32.8 Å². The molecule has 2 unspecified atom stereocenters. The van der Waals surface area contributed by atoms with Crippen LogP contribution in [0.2, 0.25) is 0 Å². The molecule has 3 nitrogen and oxygen atoms in total. The monoisotopic (exact) mass is 202 g/mol. The van der Waals surface area contributed by atoms with Crippen LogP contribution in [0.1, 0.15) is 27.2 Å². The molecule has 0 bridgehead atoms. The molecular formula is C11H26N2O. The topological polar surface area (TPSA) is 47.3 Å². The molecule has 0 aliphatic rings. The molecule has 0 spiro atoms. The molecule has 0 aromatic carbocycles. The molecule has 2 atom stereocenters. The van der Waals surface area contributed by atoms with Crippen molar-refractivity contribution < 1.29 is 4.74 Å². The Bertz CT molecular complexity index is 128. The summed E-state index contributed by atoms with van der Waals surface area (Å²) < 4.78 is 5.03. The van der Waals surface area contributed by atoms with Crippen LogP contribution in [0.5, 0.6) is 0 Å². The second kappa shape index (κ2) is 8.21. The van der Waals surface area contributed by atoms with Gasteiger partial charge in [0.25, 0.3) is 0 Å². The molecule has 3 heteroatoms. The lowest BCUT2D eigenvalue weighted by Crippen LogP contribution is -2.36. The van der Waals surface area contributed by atoms with Gasteiger partial charge in [-0.15, -0.1) is 0 Å². The third-order valence-corrected chi connectivity index (χ3v) is 2.73. The molecule has 0 saturated carbocycles. The molecular weight excluding hydrogens is 176 g/mol. The van der Waals surface area contributed by atoms with Gasteiger partial charge in [0, 0.05) is 19.8 Å². The highest BCUT2D eigenvalue weighted by Gasteiger charge is 2.12. The second-order valence-electron chi connectivity index (χ2n) is 4.33. The van der Waals surface area contributed by atoms with Crippen LogP contribution in [-0.2, 0) is 4.74 Å². The predicted octanol–water partition coefficient (Wildman–Crippen LogP) is 1.23. The Labute approximate surface area is 88.4 Å². The van der Waals surface area contributed by atoms with Gasteiger partial charge in [-0.05, 0) is 38.3 Å². The highest BCUT2D eigenvalue weighted by molar-refractivity contribution is 4.69. The van der Waals surface area contributed by atoms with Crippen molar-refractivity contribution >= 4 is 0 Å². The Kier molecular flexibility index (Phi) is 8.14. The zero-order chi connectivity index (χ0) is 11.0. The van der Waals surface area contributed by atoms with Gasteiger partial charge in [0.05, 0.1) is 0 Å². The highest BCUT2D eigenvalue weighted by Crippen LogP contribution is 2.07. The molecule has 0 aliphatic heterocycles. The van der Waals surface area contributed by atoms with E-state index in [9.17, 15) is 0 Å². The number of nitrogens with two attached hydrogens (primary N) is 1. The minimum Gasteiger partial charge on any atom is -0.385 e. The van der Waals surface area contributed by atoms with Crippen LogP contribution in [0, 0.1) is 11.8 Å². The van der Waals surface area contributed by atoms with Crippen molar-refractivity contribution in [1.29, 1.82) is 0 Å². The van der Waals surface area contributed by atoms with Gasteiger partial charge >= 0.3 is 0 Å². The van der Waals surface area contributed by atoms with E-state index in [1.54, 1.807) is 7.11 Å². The number of methoxy groups -OCH3 is 1. The van der Waals surface area contributed by atoms with E-state index in [4.69, 9.17) is 10.5 Å². The van der Waals surface area contributed by atoms with E-state index in [1.807, 2.05) is 0 Å². The van der Waals surface area contributed by atoms with E-state index in [0.29, 0.717) is 17.9 Å². The normalized spacial score (nSPS) is 15.9. The maximum atomic E-state index is 5.70. The van der Waals surface area contributed by atoms with Gasteiger partial charge in [-0.1, -0.05) is 13.8 Å². The van der Waals surface area contributed by atoms with Crippen molar-refractivity contribution in [2.24, 2.45) is 17.6 Å². The van der Waals surface area contributed by atoms with Crippen molar-refractivity contribution in [3.8, 4) is 0 Å². The number of nitrogens with one attached hydrogen (secondary N) is 1. The standard InChI is InChI=1S/C11H26N2O/c1-9(2)11(7-12)8-13-10(3)5-6-14-4/h9-11,13H,5-8,12H2,1-4H3. The van der Waals surface area contributed by atoms with Crippen molar-refractivity contribution in [1.82, 2.24) is 5.32 Å². The van der Waals surface area contributed by atoms with Crippen LogP contribution in [0.25, 0.3) is 0 Å². The second-order valence-corrected chi connectivity index (χ2v) is 4.33. The lowest BCUT2D eigenvalue weighted by molar-refractivity contribution is 0.183. The highest BCUT2D eigenvalue weighted by atomic mass is 16.5.